The minimum absolute atomic E-state index is 0.0423. The Balaban J connectivity index is 1.94. The maximum Gasteiger partial charge on any atom is 0.264 e. The number of para-hydroxylation sites is 2. The Morgan fingerprint density at radius 2 is 1.69 bits per heavy atom. The molecule has 0 unspecified atom stereocenters. The maximum absolute atomic E-state index is 13.3. The van der Waals surface area contributed by atoms with Crippen molar-refractivity contribution in [1.82, 2.24) is 0 Å². The lowest BCUT2D eigenvalue weighted by molar-refractivity contribution is 0.102. The minimum Gasteiger partial charge on any atom is -0.322 e. The Bertz CT molecular complexity index is 1130. The number of sulfonamides is 1. The average Bonchev–Trinajstić information content (AvgIpc) is 2.74. The topological polar surface area (TPSA) is 66.5 Å². The van der Waals surface area contributed by atoms with Crippen LogP contribution in [-0.4, -0.2) is 20.9 Å². The molecule has 0 aliphatic rings. The van der Waals surface area contributed by atoms with Gasteiger partial charge >= 0.3 is 0 Å². The van der Waals surface area contributed by atoms with Crippen LogP contribution in [0.4, 0.5) is 11.4 Å². The summed E-state index contributed by atoms with van der Waals surface area (Å²) in [6, 6.07) is 22.2. The molecule has 0 fully saturated rings. The van der Waals surface area contributed by atoms with Crippen LogP contribution >= 0.6 is 0 Å². The molecule has 148 valence electrons. The van der Waals surface area contributed by atoms with E-state index in [0.29, 0.717) is 11.4 Å². The number of nitrogens with one attached hydrogen (secondary N) is 1. The van der Waals surface area contributed by atoms with Crippen molar-refractivity contribution in [3.63, 3.8) is 0 Å². The molecule has 0 saturated heterocycles. The van der Waals surface area contributed by atoms with Gasteiger partial charge in [0.15, 0.2) is 0 Å². The number of aryl methyl sites for hydroxylation is 1. The van der Waals surface area contributed by atoms with E-state index >= 15 is 0 Å². The fraction of sp³-hybridized carbons (Fsp3) is 0.0870. The minimum atomic E-state index is -3.87. The number of rotatable bonds is 7. The van der Waals surface area contributed by atoms with Crippen molar-refractivity contribution in [2.45, 2.75) is 11.8 Å². The van der Waals surface area contributed by atoms with Crippen LogP contribution in [0, 0.1) is 6.92 Å². The van der Waals surface area contributed by atoms with Crippen LogP contribution in [-0.2, 0) is 10.0 Å². The van der Waals surface area contributed by atoms with Gasteiger partial charge in [-0.05, 0) is 48.9 Å². The molecule has 0 aromatic heterocycles. The fourth-order valence-corrected chi connectivity index (χ4v) is 4.37. The second-order valence-corrected chi connectivity index (χ2v) is 8.32. The van der Waals surface area contributed by atoms with Gasteiger partial charge in [0.2, 0.25) is 0 Å². The predicted molar refractivity (Wildman–Crippen MR) is 117 cm³/mol. The van der Waals surface area contributed by atoms with Crippen LogP contribution in [0.1, 0.15) is 15.9 Å². The standard InChI is InChI=1S/C23H22N2O3S/c1-3-16-25(20-12-5-4-6-13-20)29(27,28)21-14-9-11-19(17-21)23(26)24-22-15-8-7-10-18(22)2/h3-15,17H,1,16H2,2H3,(H,24,26). The van der Waals surface area contributed by atoms with Crippen LogP contribution in [0.25, 0.3) is 0 Å². The molecule has 0 radical (unpaired) electrons. The molecule has 5 nitrogen and oxygen atoms in total. The van der Waals surface area contributed by atoms with Crippen molar-refractivity contribution in [2.24, 2.45) is 0 Å². The summed E-state index contributed by atoms with van der Waals surface area (Å²) in [5, 5.41) is 2.83. The van der Waals surface area contributed by atoms with Crippen LogP contribution < -0.4 is 9.62 Å². The first-order valence-electron chi connectivity index (χ1n) is 9.09. The highest BCUT2D eigenvalue weighted by atomic mass is 32.2. The van der Waals surface area contributed by atoms with E-state index in [0.717, 1.165) is 5.56 Å². The van der Waals surface area contributed by atoms with Gasteiger partial charge in [0.1, 0.15) is 0 Å². The molecule has 3 aromatic carbocycles. The van der Waals surface area contributed by atoms with E-state index in [1.54, 1.807) is 42.5 Å². The van der Waals surface area contributed by atoms with Gasteiger partial charge in [0.25, 0.3) is 15.9 Å². The van der Waals surface area contributed by atoms with Crippen molar-refractivity contribution in [1.29, 1.82) is 0 Å². The third-order valence-electron chi connectivity index (χ3n) is 4.42. The van der Waals surface area contributed by atoms with E-state index in [9.17, 15) is 13.2 Å². The van der Waals surface area contributed by atoms with Gasteiger partial charge in [-0.2, -0.15) is 0 Å². The second kappa shape index (κ2) is 8.75. The molecule has 0 saturated carbocycles. The number of anilines is 2. The van der Waals surface area contributed by atoms with Crippen molar-refractivity contribution in [3.8, 4) is 0 Å². The van der Waals surface area contributed by atoms with E-state index in [-0.39, 0.29) is 22.9 Å². The Kier molecular flexibility index (Phi) is 6.14. The zero-order chi connectivity index (χ0) is 20.9. The number of carbonyl (C=O) groups excluding carboxylic acids is 1. The summed E-state index contributed by atoms with van der Waals surface area (Å²) < 4.78 is 27.8. The molecule has 1 N–H and O–H groups in total. The molecule has 29 heavy (non-hydrogen) atoms. The third kappa shape index (κ3) is 4.55. The Labute approximate surface area is 171 Å². The fourth-order valence-electron chi connectivity index (χ4n) is 2.89. The lowest BCUT2D eigenvalue weighted by Crippen LogP contribution is -2.31. The SMILES string of the molecule is C=CCN(c1ccccc1)S(=O)(=O)c1cccc(C(=O)Nc2ccccc2C)c1. The first-order valence-corrected chi connectivity index (χ1v) is 10.5. The Hall–Kier alpha value is -3.38. The normalized spacial score (nSPS) is 10.9. The Morgan fingerprint density at radius 1 is 1.00 bits per heavy atom. The van der Waals surface area contributed by atoms with Crippen LogP contribution in [0.5, 0.6) is 0 Å². The van der Waals surface area contributed by atoms with Crippen LogP contribution in [0.2, 0.25) is 0 Å². The van der Waals surface area contributed by atoms with Crippen molar-refractivity contribution in [3.05, 3.63) is 103 Å². The molecule has 6 heteroatoms. The van der Waals surface area contributed by atoms with E-state index in [1.165, 1.54) is 22.5 Å². The Morgan fingerprint density at radius 3 is 2.38 bits per heavy atom. The van der Waals surface area contributed by atoms with E-state index < -0.39 is 10.0 Å². The molecule has 0 atom stereocenters. The molecule has 3 rings (SSSR count). The van der Waals surface area contributed by atoms with Crippen molar-refractivity contribution >= 4 is 27.3 Å². The zero-order valence-corrected chi connectivity index (χ0v) is 16.9. The van der Waals surface area contributed by atoms with Gasteiger partial charge in [0.05, 0.1) is 17.1 Å². The zero-order valence-electron chi connectivity index (χ0n) is 16.1. The van der Waals surface area contributed by atoms with Gasteiger partial charge < -0.3 is 5.32 Å². The lowest BCUT2D eigenvalue weighted by Gasteiger charge is -2.23. The predicted octanol–water partition coefficient (Wildman–Crippen LogP) is 4.63. The average molecular weight is 407 g/mol. The third-order valence-corrected chi connectivity index (χ3v) is 6.21. The molecule has 3 aromatic rings. The molecule has 0 heterocycles. The summed E-state index contributed by atoms with van der Waals surface area (Å²) in [6.07, 6.45) is 1.53. The molecular weight excluding hydrogens is 384 g/mol. The summed E-state index contributed by atoms with van der Waals surface area (Å²) >= 11 is 0. The van der Waals surface area contributed by atoms with E-state index in [1.807, 2.05) is 31.2 Å². The van der Waals surface area contributed by atoms with Gasteiger partial charge in [-0.3, -0.25) is 9.10 Å². The summed E-state index contributed by atoms with van der Waals surface area (Å²) in [5.41, 5.74) is 2.40. The molecule has 0 aliphatic carbocycles. The first-order chi connectivity index (χ1) is 13.9. The van der Waals surface area contributed by atoms with Crippen molar-refractivity contribution in [2.75, 3.05) is 16.2 Å². The van der Waals surface area contributed by atoms with Crippen molar-refractivity contribution < 1.29 is 13.2 Å². The first kappa shape index (κ1) is 20.4. The number of nitrogens with zero attached hydrogens (tertiary/aromatic N) is 1. The highest BCUT2D eigenvalue weighted by Crippen LogP contribution is 2.24. The van der Waals surface area contributed by atoms with Gasteiger partial charge in [-0.25, -0.2) is 8.42 Å². The van der Waals surface area contributed by atoms with Crippen LogP contribution in [0.3, 0.4) is 0 Å². The highest BCUT2D eigenvalue weighted by Gasteiger charge is 2.25. The summed E-state index contributed by atoms with van der Waals surface area (Å²) in [6.45, 7) is 5.67. The molecule has 0 bridgehead atoms. The monoisotopic (exact) mass is 406 g/mol. The number of benzene rings is 3. The van der Waals surface area contributed by atoms with Gasteiger partial charge in [0, 0.05) is 11.3 Å². The summed E-state index contributed by atoms with van der Waals surface area (Å²) in [4.78, 5) is 12.7. The molecular formula is C23H22N2O3S. The highest BCUT2D eigenvalue weighted by molar-refractivity contribution is 7.92. The summed E-state index contributed by atoms with van der Waals surface area (Å²) in [5.74, 6) is -0.369. The quantitative estimate of drug-likeness (QED) is 0.582. The summed E-state index contributed by atoms with van der Waals surface area (Å²) in [7, 11) is -3.87. The second-order valence-electron chi connectivity index (χ2n) is 6.46. The van der Waals surface area contributed by atoms with E-state index in [2.05, 4.69) is 11.9 Å². The van der Waals surface area contributed by atoms with Gasteiger partial charge in [-0.15, -0.1) is 6.58 Å². The number of amides is 1. The van der Waals surface area contributed by atoms with E-state index in [4.69, 9.17) is 0 Å². The maximum atomic E-state index is 13.3. The largest absolute Gasteiger partial charge is 0.322 e. The molecule has 0 aliphatic heterocycles. The lowest BCUT2D eigenvalue weighted by atomic mass is 10.1. The van der Waals surface area contributed by atoms with Gasteiger partial charge in [-0.1, -0.05) is 48.5 Å². The number of hydrogen-bond donors (Lipinski definition) is 1. The molecule has 1 amide bonds. The number of carbonyl (C=O) groups is 1. The number of hydrogen-bond acceptors (Lipinski definition) is 3. The smallest absolute Gasteiger partial charge is 0.264 e. The van der Waals surface area contributed by atoms with Crippen LogP contribution in [0.15, 0.2) is 96.4 Å². The molecule has 0 spiro atoms.